The Morgan fingerprint density at radius 1 is 0.643 bits per heavy atom. The maximum atomic E-state index is 3.47. The Hall–Kier alpha value is 0.420. The summed E-state index contributed by atoms with van der Waals surface area (Å²) in [6, 6.07) is 0. The molecule has 0 aliphatic heterocycles. The second kappa shape index (κ2) is 4.96. The highest BCUT2D eigenvalue weighted by atomic mass is 31.1. The van der Waals surface area contributed by atoms with Gasteiger partial charge >= 0.3 is 0 Å². The maximum absolute atomic E-state index is 3.47. The van der Waals surface area contributed by atoms with Gasteiger partial charge in [0.1, 0.15) is 0 Å². The Kier molecular flexibility index (Phi) is 5.11. The number of hydrogen-bond donors (Lipinski definition) is 0. The van der Waals surface area contributed by atoms with Gasteiger partial charge < -0.3 is 0 Å². The Morgan fingerprint density at radius 3 is 1.00 bits per heavy atom. The molecule has 0 aliphatic rings. The van der Waals surface area contributed by atoms with Crippen LogP contribution in [0.4, 0.5) is 0 Å². The SMILES string of the molecule is CP(C#CP(C)C(C)(C)C)C(C)(C)C. The molecule has 2 unspecified atom stereocenters. The molecule has 0 aliphatic carbocycles. The van der Waals surface area contributed by atoms with Crippen LogP contribution in [0, 0.1) is 11.3 Å². The molecule has 0 heterocycles. The summed E-state index contributed by atoms with van der Waals surface area (Å²) in [5.74, 6) is 0. The van der Waals surface area contributed by atoms with E-state index >= 15 is 0 Å². The van der Waals surface area contributed by atoms with Crippen molar-refractivity contribution in [2.45, 2.75) is 51.9 Å². The first-order chi connectivity index (χ1) is 6.05. The van der Waals surface area contributed by atoms with Gasteiger partial charge in [0.2, 0.25) is 0 Å². The molecule has 0 aromatic rings. The molecule has 14 heavy (non-hydrogen) atoms. The van der Waals surface area contributed by atoms with Crippen molar-refractivity contribution in [2.24, 2.45) is 0 Å². The molecule has 82 valence electrons. The molecule has 0 N–H and O–H groups in total. The zero-order valence-corrected chi connectivity index (χ0v) is 12.7. The van der Waals surface area contributed by atoms with Gasteiger partial charge in [0, 0.05) is 0 Å². The number of rotatable bonds is 0. The van der Waals surface area contributed by atoms with E-state index in [2.05, 4.69) is 66.2 Å². The van der Waals surface area contributed by atoms with Crippen LogP contribution in [0.15, 0.2) is 0 Å². The van der Waals surface area contributed by atoms with Crippen LogP contribution in [0.5, 0.6) is 0 Å². The van der Waals surface area contributed by atoms with Crippen molar-refractivity contribution in [3.05, 3.63) is 0 Å². The van der Waals surface area contributed by atoms with E-state index in [1.807, 2.05) is 0 Å². The van der Waals surface area contributed by atoms with E-state index in [1.54, 1.807) is 0 Å². The molecule has 0 bridgehead atoms. The van der Waals surface area contributed by atoms with Gasteiger partial charge in [0.25, 0.3) is 0 Å². The lowest BCUT2D eigenvalue weighted by Gasteiger charge is -2.25. The Bertz CT molecular complexity index is 208. The predicted octanol–water partition coefficient (Wildman–Crippen LogP) is 4.73. The average Bonchev–Trinajstić information content (AvgIpc) is 1.95. The van der Waals surface area contributed by atoms with Gasteiger partial charge in [-0.3, -0.25) is 0 Å². The lowest BCUT2D eigenvalue weighted by Crippen LogP contribution is -2.10. The quantitative estimate of drug-likeness (QED) is 0.417. The van der Waals surface area contributed by atoms with Crippen LogP contribution in [-0.2, 0) is 0 Å². The summed E-state index contributed by atoms with van der Waals surface area (Å²) in [6.07, 6.45) is 0. The Labute approximate surface area is 92.8 Å². The lowest BCUT2D eigenvalue weighted by molar-refractivity contribution is 0.790. The molecule has 0 saturated heterocycles. The molecule has 0 spiro atoms. The molecule has 0 aromatic heterocycles. The topological polar surface area (TPSA) is 0 Å². The van der Waals surface area contributed by atoms with E-state index in [9.17, 15) is 0 Å². The zero-order valence-electron chi connectivity index (χ0n) is 10.9. The molecule has 0 saturated carbocycles. The molecule has 0 radical (unpaired) electrons. The van der Waals surface area contributed by atoms with Crippen LogP contribution in [0.3, 0.4) is 0 Å². The summed E-state index contributed by atoms with van der Waals surface area (Å²) >= 11 is 0. The molecule has 0 amide bonds. The fourth-order valence-corrected chi connectivity index (χ4v) is 2.36. The van der Waals surface area contributed by atoms with Crippen LogP contribution >= 0.6 is 15.8 Å². The summed E-state index contributed by atoms with van der Waals surface area (Å²) < 4.78 is 0. The van der Waals surface area contributed by atoms with E-state index < -0.39 is 0 Å². The van der Waals surface area contributed by atoms with Crippen LogP contribution in [0.1, 0.15) is 41.5 Å². The van der Waals surface area contributed by atoms with Crippen molar-refractivity contribution >= 4 is 15.8 Å². The summed E-state index contributed by atoms with van der Waals surface area (Å²) in [6.45, 7) is 18.3. The van der Waals surface area contributed by atoms with Gasteiger partial charge in [-0.25, -0.2) is 0 Å². The van der Waals surface area contributed by atoms with Gasteiger partial charge in [-0.2, -0.15) is 0 Å². The fourth-order valence-electron chi connectivity index (χ4n) is 0.485. The summed E-state index contributed by atoms with van der Waals surface area (Å²) in [4.78, 5) is 0. The van der Waals surface area contributed by atoms with E-state index in [4.69, 9.17) is 0 Å². The zero-order chi connectivity index (χ0) is 11.6. The van der Waals surface area contributed by atoms with Gasteiger partial charge in [0.05, 0.1) is 0 Å². The smallest absolute Gasteiger partial charge is 0.00705 e. The monoisotopic (exact) mass is 230 g/mol. The van der Waals surface area contributed by atoms with Gasteiger partial charge in [0.15, 0.2) is 0 Å². The first-order valence-corrected chi connectivity index (χ1v) is 8.62. The minimum absolute atomic E-state index is 0.146. The normalized spacial score (nSPS) is 16.9. The van der Waals surface area contributed by atoms with Crippen molar-refractivity contribution in [1.29, 1.82) is 0 Å². The summed E-state index contributed by atoms with van der Waals surface area (Å²) in [5, 5.41) is 0.743. The Balaban J connectivity index is 4.46. The van der Waals surface area contributed by atoms with Crippen molar-refractivity contribution < 1.29 is 0 Å². The van der Waals surface area contributed by atoms with E-state index in [0.29, 0.717) is 10.3 Å². The second-order valence-electron chi connectivity index (χ2n) is 5.68. The predicted molar refractivity (Wildman–Crippen MR) is 73.0 cm³/mol. The molecule has 0 rings (SSSR count). The first-order valence-electron chi connectivity index (χ1n) is 5.04. The highest BCUT2D eigenvalue weighted by Gasteiger charge is 2.20. The average molecular weight is 230 g/mol. The third kappa shape index (κ3) is 5.34. The first kappa shape index (κ1) is 14.4. The van der Waals surface area contributed by atoms with Gasteiger partial charge in [-0.05, 0) is 39.5 Å². The maximum Gasteiger partial charge on any atom is -0.00705 e. The highest BCUT2D eigenvalue weighted by Crippen LogP contribution is 2.49. The van der Waals surface area contributed by atoms with Crippen molar-refractivity contribution in [3.8, 4) is 11.3 Å². The van der Waals surface area contributed by atoms with E-state index in [0.717, 1.165) is 0 Å². The van der Waals surface area contributed by atoms with Gasteiger partial charge in [-0.15, -0.1) is 0 Å². The molecule has 2 heteroatoms. The molecule has 0 fully saturated rings. The molecular formula is C12H24P2. The van der Waals surface area contributed by atoms with Crippen molar-refractivity contribution in [3.63, 3.8) is 0 Å². The third-order valence-corrected chi connectivity index (χ3v) is 7.49. The minimum Gasteiger partial charge on any atom is -0.0718 e. The second-order valence-corrected chi connectivity index (χ2v) is 11.0. The Morgan fingerprint density at radius 2 is 0.857 bits per heavy atom. The van der Waals surface area contributed by atoms with Crippen LogP contribution < -0.4 is 0 Å². The minimum atomic E-state index is -0.146. The molecule has 0 nitrogen and oxygen atoms in total. The third-order valence-electron chi connectivity index (χ3n) is 2.40. The summed E-state index contributed by atoms with van der Waals surface area (Å²) in [7, 11) is -0.292. The standard InChI is InChI=1S/C12H24P2/c1-11(2,3)13(7)9-10-14(8)12(4,5)6/h1-8H3. The lowest BCUT2D eigenvalue weighted by atomic mass is 10.3. The molecule has 0 aromatic carbocycles. The molecular weight excluding hydrogens is 206 g/mol. The number of hydrogen-bond acceptors (Lipinski definition) is 0. The van der Waals surface area contributed by atoms with Crippen molar-refractivity contribution in [1.82, 2.24) is 0 Å². The van der Waals surface area contributed by atoms with Crippen LogP contribution in [0.25, 0.3) is 0 Å². The van der Waals surface area contributed by atoms with E-state index in [1.165, 1.54) is 0 Å². The molecule has 2 atom stereocenters. The van der Waals surface area contributed by atoms with Crippen LogP contribution in [-0.4, -0.2) is 23.6 Å². The van der Waals surface area contributed by atoms with Gasteiger partial charge in [-0.1, -0.05) is 52.9 Å². The summed E-state index contributed by atoms with van der Waals surface area (Å²) in [5.41, 5.74) is 6.94. The highest BCUT2D eigenvalue weighted by molar-refractivity contribution is 7.67. The fraction of sp³-hybridized carbons (Fsp3) is 0.833. The van der Waals surface area contributed by atoms with Crippen LogP contribution in [0.2, 0.25) is 0 Å². The largest absolute Gasteiger partial charge is 0.0718 e. The van der Waals surface area contributed by atoms with Crippen molar-refractivity contribution in [2.75, 3.05) is 13.3 Å². The van der Waals surface area contributed by atoms with E-state index in [-0.39, 0.29) is 15.8 Å².